The highest BCUT2D eigenvalue weighted by atomic mass is 32.2. The van der Waals surface area contributed by atoms with Crippen LogP contribution in [0.5, 0.6) is 5.88 Å². The van der Waals surface area contributed by atoms with Crippen molar-refractivity contribution in [1.82, 2.24) is 10.2 Å². The van der Waals surface area contributed by atoms with E-state index in [1.165, 1.54) is 7.11 Å². The summed E-state index contributed by atoms with van der Waals surface area (Å²) in [6.07, 6.45) is 0. The van der Waals surface area contributed by atoms with Gasteiger partial charge in [-0.15, -0.1) is 10.2 Å². The third-order valence-corrected chi connectivity index (χ3v) is 5.13. The van der Waals surface area contributed by atoms with Crippen LogP contribution in [0.15, 0.2) is 59.5 Å². The molecule has 1 heterocycles. The molecule has 2 aromatic carbocycles. The lowest BCUT2D eigenvalue weighted by Gasteiger charge is -2.11. The van der Waals surface area contributed by atoms with E-state index in [4.69, 9.17) is 4.74 Å². The lowest BCUT2D eigenvalue weighted by Crippen LogP contribution is -2.13. The molecular formula is C19H19N3O3S. The zero-order chi connectivity index (χ0) is 18.7. The summed E-state index contributed by atoms with van der Waals surface area (Å²) in [6.45, 7) is 3.74. The fourth-order valence-electron chi connectivity index (χ4n) is 2.63. The Hall–Kier alpha value is -2.93. The fraction of sp³-hybridized carbons (Fsp3) is 0.158. The first-order chi connectivity index (χ1) is 12.4. The van der Waals surface area contributed by atoms with Crippen LogP contribution in [-0.4, -0.2) is 25.7 Å². The molecule has 0 saturated heterocycles. The van der Waals surface area contributed by atoms with Crippen LogP contribution in [0.25, 0.3) is 11.3 Å². The average Bonchev–Trinajstić information content (AvgIpc) is 2.61. The first-order valence-corrected chi connectivity index (χ1v) is 9.45. The van der Waals surface area contributed by atoms with Crippen molar-refractivity contribution >= 4 is 15.7 Å². The van der Waals surface area contributed by atoms with Gasteiger partial charge in [0.2, 0.25) is 5.88 Å². The van der Waals surface area contributed by atoms with Crippen LogP contribution in [-0.2, 0) is 10.0 Å². The van der Waals surface area contributed by atoms with Crippen LogP contribution in [0.4, 0.5) is 5.69 Å². The standard InChI is InChI=1S/C19H19N3O3S/c1-13-9-14(2)11-17(10-13)26(23,24)22-16-6-4-5-15(12-16)18-7-8-19(25-3)21-20-18/h4-12,22H,1-3H3. The number of hydrogen-bond donors (Lipinski definition) is 1. The molecule has 6 nitrogen and oxygen atoms in total. The molecule has 3 aromatic rings. The van der Waals surface area contributed by atoms with Crippen molar-refractivity contribution in [2.45, 2.75) is 18.7 Å². The highest BCUT2D eigenvalue weighted by Gasteiger charge is 2.15. The molecule has 0 saturated carbocycles. The first-order valence-electron chi connectivity index (χ1n) is 7.97. The van der Waals surface area contributed by atoms with Crippen molar-refractivity contribution in [2.75, 3.05) is 11.8 Å². The second kappa shape index (κ2) is 7.13. The number of anilines is 1. The fourth-order valence-corrected chi connectivity index (χ4v) is 3.86. The van der Waals surface area contributed by atoms with Crippen LogP contribution in [0.1, 0.15) is 11.1 Å². The smallest absolute Gasteiger partial charge is 0.261 e. The topological polar surface area (TPSA) is 81.2 Å². The monoisotopic (exact) mass is 369 g/mol. The molecule has 7 heteroatoms. The first kappa shape index (κ1) is 17.9. The van der Waals surface area contributed by atoms with Gasteiger partial charge in [0.05, 0.1) is 17.7 Å². The molecule has 0 unspecified atom stereocenters. The van der Waals surface area contributed by atoms with Crippen LogP contribution in [0.2, 0.25) is 0 Å². The number of hydrogen-bond acceptors (Lipinski definition) is 5. The molecule has 0 amide bonds. The van der Waals surface area contributed by atoms with E-state index >= 15 is 0 Å². The maximum Gasteiger partial charge on any atom is 0.261 e. The molecule has 3 rings (SSSR count). The van der Waals surface area contributed by atoms with Gasteiger partial charge in [0.15, 0.2) is 0 Å². The third kappa shape index (κ3) is 4.00. The quantitative estimate of drug-likeness (QED) is 0.743. The van der Waals surface area contributed by atoms with Gasteiger partial charge in [-0.05, 0) is 55.3 Å². The van der Waals surface area contributed by atoms with Gasteiger partial charge in [0, 0.05) is 17.3 Å². The van der Waals surface area contributed by atoms with Gasteiger partial charge < -0.3 is 4.74 Å². The SMILES string of the molecule is COc1ccc(-c2cccc(NS(=O)(=O)c3cc(C)cc(C)c3)c2)nn1. The van der Waals surface area contributed by atoms with Gasteiger partial charge in [-0.2, -0.15) is 0 Å². The summed E-state index contributed by atoms with van der Waals surface area (Å²) in [5.41, 5.74) is 3.62. The Morgan fingerprint density at radius 1 is 0.923 bits per heavy atom. The van der Waals surface area contributed by atoms with Crippen LogP contribution >= 0.6 is 0 Å². The van der Waals surface area contributed by atoms with Crippen LogP contribution in [0.3, 0.4) is 0 Å². The van der Waals surface area contributed by atoms with E-state index < -0.39 is 10.0 Å². The summed E-state index contributed by atoms with van der Waals surface area (Å²) in [5.74, 6) is 0.417. The molecule has 134 valence electrons. The predicted octanol–water partition coefficient (Wildman–Crippen LogP) is 3.57. The zero-order valence-corrected chi connectivity index (χ0v) is 15.5. The normalized spacial score (nSPS) is 11.2. The van der Waals surface area contributed by atoms with E-state index in [0.717, 1.165) is 16.7 Å². The number of rotatable bonds is 5. The van der Waals surface area contributed by atoms with E-state index in [9.17, 15) is 8.42 Å². The number of ether oxygens (including phenoxy) is 1. The highest BCUT2D eigenvalue weighted by Crippen LogP contribution is 2.24. The molecule has 0 spiro atoms. The molecule has 0 radical (unpaired) electrons. The summed E-state index contributed by atoms with van der Waals surface area (Å²) in [5, 5.41) is 8.02. The summed E-state index contributed by atoms with van der Waals surface area (Å²) < 4.78 is 33.0. The van der Waals surface area contributed by atoms with Crippen LogP contribution < -0.4 is 9.46 Å². The van der Waals surface area contributed by atoms with E-state index in [0.29, 0.717) is 17.3 Å². The average molecular weight is 369 g/mol. The Morgan fingerprint density at radius 2 is 1.65 bits per heavy atom. The number of nitrogens with zero attached hydrogens (tertiary/aromatic N) is 2. The summed E-state index contributed by atoms with van der Waals surface area (Å²) >= 11 is 0. The molecule has 0 fully saturated rings. The minimum atomic E-state index is -3.67. The van der Waals surface area contributed by atoms with Gasteiger partial charge in [-0.3, -0.25) is 4.72 Å². The Kier molecular flexibility index (Phi) is 4.90. The molecule has 0 aliphatic heterocycles. The number of aryl methyl sites for hydroxylation is 2. The number of aromatic nitrogens is 2. The van der Waals surface area contributed by atoms with Crippen LogP contribution in [0, 0.1) is 13.8 Å². The number of benzene rings is 2. The Balaban J connectivity index is 1.90. The number of sulfonamides is 1. The number of nitrogens with one attached hydrogen (secondary N) is 1. The summed E-state index contributed by atoms with van der Waals surface area (Å²) in [6, 6.07) is 15.7. The molecule has 1 N–H and O–H groups in total. The summed E-state index contributed by atoms with van der Waals surface area (Å²) in [7, 11) is -2.15. The van der Waals surface area contributed by atoms with E-state index in [2.05, 4.69) is 14.9 Å². The maximum atomic E-state index is 12.7. The highest BCUT2D eigenvalue weighted by molar-refractivity contribution is 7.92. The maximum absolute atomic E-state index is 12.7. The van der Waals surface area contributed by atoms with Crippen molar-refractivity contribution in [3.05, 3.63) is 65.7 Å². The summed E-state index contributed by atoms with van der Waals surface area (Å²) in [4.78, 5) is 0.240. The zero-order valence-electron chi connectivity index (χ0n) is 14.7. The van der Waals surface area contributed by atoms with Gasteiger partial charge >= 0.3 is 0 Å². The molecule has 0 aliphatic rings. The molecule has 0 atom stereocenters. The van der Waals surface area contributed by atoms with Crippen molar-refractivity contribution in [1.29, 1.82) is 0 Å². The minimum absolute atomic E-state index is 0.240. The molecule has 0 bridgehead atoms. The van der Waals surface area contributed by atoms with E-state index in [-0.39, 0.29) is 4.90 Å². The van der Waals surface area contributed by atoms with Crippen molar-refractivity contribution < 1.29 is 13.2 Å². The molecule has 1 aromatic heterocycles. The Bertz CT molecular complexity index is 1010. The molecule has 26 heavy (non-hydrogen) atoms. The van der Waals surface area contributed by atoms with Gasteiger partial charge in [0.1, 0.15) is 0 Å². The Labute approximate surface area is 152 Å². The number of methoxy groups -OCH3 is 1. The second-order valence-corrected chi connectivity index (χ2v) is 7.65. The van der Waals surface area contributed by atoms with E-state index in [1.54, 1.807) is 42.5 Å². The van der Waals surface area contributed by atoms with Gasteiger partial charge in [-0.1, -0.05) is 18.2 Å². The molecule has 0 aliphatic carbocycles. The van der Waals surface area contributed by atoms with Gasteiger partial charge in [-0.25, -0.2) is 8.42 Å². The third-order valence-electron chi connectivity index (χ3n) is 3.77. The Morgan fingerprint density at radius 3 is 2.27 bits per heavy atom. The molecular weight excluding hydrogens is 350 g/mol. The lowest BCUT2D eigenvalue weighted by molar-refractivity contribution is 0.392. The minimum Gasteiger partial charge on any atom is -0.480 e. The van der Waals surface area contributed by atoms with Crippen molar-refractivity contribution in [3.8, 4) is 17.1 Å². The predicted molar refractivity (Wildman–Crippen MR) is 101 cm³/mol. The largest absolute Gasteiger partial charge is 0.480 e. The second-order valence-electron chi connectivity index (χ2n) is 5.97. The van der Waals surface area contributed by atoms with Crippen molar-refractivity contribution in [3.63, 3.8) is 0 Å². The van der Waals surface area contributed by atoms with Crippen molar-refractivity contribution in [2.24, 2.45) is 0 Å². The lowest BCUT2D eigenvalue weighted by atomic mass is 10.1. The van der Waals surface area contributed by atoms with Gasteiger partial charge in [0.25, 0.3) is 10.0 Å². The van der Waals surface area contributed by atoms with E-state index in [1.807, 2.05) is 26.0 Å².